The second kappa shape index (κ2) is 3.07. The van der Waals surface area contributed by atoms with Crippen LogP contribution in [0, 0.1) is 0 Å². The van der Waals surface area contributed by atoms with E-state index in [-0.39, 0.29) is 0 Å². The molecular formula is C11H12N2. The molecular weight excluding hydrogens is 160 g/mol. The van der Waals surface area contributed by atoms with Gasteiger partial charge >= 0.3 is 0 Å². The Balaban J connectivity index is 2.56. The number of H-pyrrole nitrogens is 1. The molecule has 1 aromatic heterocycles. The standard InChI is InChI=1S/C11H12N2/c1-8(7-12)11-6-9-4-2-3-5-10(9)13-11/h2-6,13H,1,7,12H2. The smallest absolute Gasteiger partial charge is 0.0458 e. The van der Waals surface area contributed by atoms with E-state index in [1.54, 1.807) is 0 Å². The fourth-order valence-electron chi connectivity index (χ4n) is 1.37. The Labute approximate surface area is 77.1 Å². The first-order valence-corrected chi connectivity index (χ1v) is 4.27. The highest BCUT2D eigenvalue weighted by Gasteiger charge is 2.01. The van der Waals surface area contributed by atoms with Crippen LogP contribution in [0.5, 0.6) is 0 Å². The first-order valence-electron chi connectivity index (χ1n) is 4.27. The van der Waals surface area contributed by atoms with Gasteiger partial charge in [-0.15, -0.1) is 0 Å². The maximum atomic E-state index is 5.51. The van der Waals surface area contributed by atoms with E-state index in [2.05, 4.69) is 23.7 Å². The van der Waals surface area contributed by atoms with Gasteiger partial charge < -0.3 is 10.7 Å². The van der Waals surface area contributed by atoms with Crippen molar-refractivity contribution in [3.63, 3.8) is 0 Å². The van der Waals surface area contributed by atoms with Gasteiger partial charge in [-0.3, -0.25) is 0 Å². The molecule has 0 aliphatic carbocycles. The van der Waals surface area contributed by atoms with Crippen LogP contribution >= 0.6 is 0 Å². The number of fused-ring (bicyclic) bond motifs is 1. The lowest BCUT2D eigenvalue weighted by atomic mass is 10.2. The Morgan fingerprint density at radius 3 is 2.85 bits per heavy atom. The normalized spacial score (nSPS) is 10.5. The summed E-state index contributed by atoms with van der Waals surface area (Å²) < 4.78 is 0. The molecule has 0 amide bonds. The van der Waals surface area contributed by atoms with E-state index in [1.165, 1.54) is 5.39 Å². The van der Waals surface area contributed by atoms with Gasteiger partial charge in [0.15, 0.2) is 0 Å². The summed E-state index contributed by atoms with van der Waals surface area (Å²) in [6.07, 6.45) is 0. The minimum Gasteiger partial charge on any atom is -0.355 e. The first kappa shape index (κ1) is 8.08. The van der Waals surface area contributed by atoms with E-state index < -0.39 is 0 Å². The number of aromatic nitrogens is 1. The van der Waals surface area contributed by atoms with Crippen molar-refractivity contribution in [3.05, 3.63) is 42.6 Å². The molecule has 0 radical (unpaired) electrons. The number of nitrogens with two attached hydrogens (primary N) is 1. The van der Waals surface area contributed by atoms with Gasteiger partial charge in [0, 0.05) is 17.8 Å². The van der Waals surface area contributed by atoms with Crippen LogP contribution in [0.1, 0.15) is 5.69 Å². The second-order valence-corrected chi connectivity index (χ2v) is 3.08. The maximum absolute atomic E-state index is 5.51. The molecule has 0 aliphatic rings. The molecule has 0 fully saturated rings. The highest BCUT2D eigenvalue weighted by molar-refractivity contribution is 5.84. The van der Waals surface area contributed by atoms with Crippen LogP contribution in [0.15, 0.2) is 36.9 Å². The summed E-state index contributed by atoms with van der Waals surface area (Å²) in [5, 5.41) is 1.20. The number of para-hydroxylation sites is 1. The van der Waals surface area contributed by atoms with Crippen LogP contribution in [0.4, 0.5) is 0 Å². The van der Waals surface area contributed by atoms with E-state index >= 15 is 0 Å². The van der Waals surface area contributed by atoms with E-state index in [4.69, 9.17) is 5.73 Å². The summed E-state index contributed by atoms with van der Waals surface area (Å²) in [5.74, 6) is 0. The van der Waals surface area contributed by atoms with Crippen molar-refractivity contribution in [2.24, 2.45) is 5.73 Å². The van der Waals surface area contributed by atoms with Gasteiger partial charge in [-0.1, -0.05) is 24.8 Å². The first-order chi connectivity index (χ1) is 6.31. The topological polar surface area (TPSA) is 41.8 Å². The minimum atomic E-state index is 0.493. The Kier molecular flexibility index (Phi) is 1.91. The third kappa shape index (κ3) is 1.36. The maximum Gasteiger partial charge on any atom is 0.0458 e. The molecule has 0 saturated carbocycles. The summed E-state index contributed by atoms with van der Waals surface area (Å²) in [6.45, 7) is 4.38. The molecule has 2 rings (SSSR count). The molecule has 3 N–H and O–H groups in total. The number of rotatable bonds is 2. The van der Waals surface area contributed by atoms with Gasteiger partial charge in [-0.2, -0.15) is 0 Å². The van der Waals surface area contributed by atoms with Crippen LogP contribution in [0.3, 0.4) is 0 Å². The quantitative estimate of drug-likeness (QED) is 0.716. The van der Waals surface area contributed by atoms with Crippen molar-refractivity contribution < 1.29 is 0 Å². The highest BCUT2D eigenvalue weighted by atomic mass is 14.7. The third-order valence-electron chi connectivity index (χ3n) is 2.16. The van der Waals surface area contributed by atoms with Crippen LogP contribution in [-0.4, -0.2) is 11.5 Å². The van der Waals surface area contributed by atoms with E-state index in [1.807, 2.05) is 18.2 Å². The number of nitrogens with one attached hydrogen (secondary N) is 1. The molecule has 0 bridgehead atoms. The van der Waals surface area contributed by atoms with Gasteiger partial charge in [0.05, 0.1) is 0 Å². The molecule has 66 valence electrons. The molecule has 0 aliphatic heterocycles. The molecule has 2 aromatic rings. The Morgan fingerprint density at radius 2 is 2.15 bits per heavy atom. The zero-order valence-electron chi connectivity index (χ0n) is 7.38. The van der Waals surface area contributed by atoms with Gasteiger partial charge in [0.1, 0.15) is 0 Å². The zero-order valence-corrected chi connectivity index (χ0v) is 7.38. The van der Waals surface area contributed by atoms with E-state index in [9.17, 15) is 0 Å². The highest BCUT2D eigenvalue weighted by Crippen LogP contribution is 2.18. The van der Waals surface area contributed by atoms with Gasteiger partial charge in [0.2, 0.25) is 0 Å². The predicted octanol–water partition coefficient (Wildman–Crippen LogP) is 2.14. The molecule has 0 saturated heterocycles. The van der Waals surface area contributed by atoms with Crippen molar-refractivity contribution in [1.29, 1.82) is 0 Å². The van der Waals surface area contributed by atoms with Crippen LogP contribution in [0.2, 0.25) is 0 Å². The van der Waals surface area contributed by atoms with Crippen molar-refractivity contribution >= 4 is 16.5 Å². The fraction of sp³-hybridized carbons (Fsp3) is 0.0909. The van der Waals surface area contributed by atoms with Crippen molar-refractivity contribution in [3.8, 4) is 0 Å². The molecule has 2 heteroatoms. The second-order valence-electron chi connectivity index (χ2n) is 3.08. The minimum absolute atomic E-state index is 0.493. The van der Waals surface area contributed by atoms with Gasteiger partial charge in [-0.05, 0) is 23.1 Å². The number of hydrogen-bond donors (Lipinski definition) is 2. The Morgan fingerprint density at radius 1 is 1.38 bits per heavy atom. The number of aromatic amines is 1. The molecule has 2 nitrogen and oxygen atoms in total. The lowest BCUT2D eigenvalue weighted by molar-refractivity contribution is 1.24. The van der Waals surface area contributed by atoms with E-state index in [0.717, 1.165) is 16.8 Å². The SMILES string of the molecule is C=C(CN)c1cc2ccccc2[nH]1. The molecule has 0 atom stereocenters. The van der Waals surface area contributed by atoms with Crippen LogP contribution in [-0.2, 0) is 0 Å². The molecule has 1 heterocycles. The lowest BCUT2D eigenvalue weighted by Crippen LogP contribution is -2.00. The fourth-order valence-corrected chi connectivity index (χ4v) is 1.37. The van der Waals surface area contributed by atoms with Gasteiger partial charge in [-0.25, -0.2) is 0 Å². The Bertz CT molecular complexity index is 407. The summed E-state index contributed by atoms with van der Waals surface area (Å²) in [7, 11) is 0. The summed E-state index contributed by atoms with van der Waals surface area (Å²) in [6, 6.07) is 10.2. The monoisotopic (exact) mass is 172 g/mol. The Hall–Kier alpha value is -1.54. The van der Waals surface area contributed by atoms with Gasteiger partial charge in [0.25, 0.3) is 0 Å². The van der Waals surface area contributed by atoms with Crippen molar-refractivity contribution in [2.75, 3.05) is 6.54 Å². The van der Waals surface area contributed by atoms with Crippen molar-refractivity contribution in [1.82, 2.24) is 4.98 Å². The zero-order chi connectivity index (χ0) is 9.26. The predicted molar refractivity (Wildman–Crippen MR) is 56.4 cm³/mol. The third-order valence-corrected chi connectivity index (χ3v) is 2.16. The van der Waals surface area contributed by atoms with Crippen LogP contribution in [0.25, 0.3) is 16.5 Å². The molecule has 0 spiro atoms. The molecule has 13 heavy (non-hydrogen) atoms. The van der Waals surface area contributed by atoms with Crippen molar-refractivity contribution in [2.45, 2.75) is 0 Å². The number of benzene rings is 1. The largest absolute Gasteiger partial charge is 0.355 e. The molecule has 1 aromatic carbocycles. The average Bonchev–Trinajstić information content (AvgIpc) is 2.59. The summed E-state index contributed by atoms with van der Waals surface area (Å²) in [4.78, 5) is 3.27. The lowest BCUT2D eigenvalue weighted by Gasteiger charge is -1.95. The molecule has 0 unspecified atom stereocenters. The average molecular weight is 172 g/mol. The summed E-state index contributed by atoms with van der Waals surface area (Å²) in [5.41, 5.74) is 8.61. The summed E-state index contributed by atoms with van der Waals surface area (Å²) >= 11 is 0. The van der Waals surface area contributed by atoms with Crippen LogP contribution < -0.4 is 5.73 Å². The van der Waals surface area contributed by atoms with E-state index in [0.29, 0.717) is 6.54 Å². The number of hydrogen-bond acceptors (Lipinski definition) is 1.